The number of benzene rings is 3. The number of hydrogen-bond donors (Lipinski definition) is 4. The van der Waals surface area contributed by atoms with Gasteiger partial charge < -0.3 is 18.2 Å². The van der Waals surface area contributed by atoms with Crippen LogP contribution in [0.2, 0.25) is 0 Å². The summed E-state index contributed by atoms with van der Waals surface area (Å²) >= 11 is 0. The van der Waals surface area contributed by atoms with Crippen LogP contribution in [0.15, 0.2) is 108 Å². The topological polar surface area (TPSA) is 186 Å². The van der Waals surface area contributed by atoms with E-state index in [1.54, 1.807) is 47.2 Å². The highest BCUT2D eigenvalue weighted by Gasteiger charge is 2.22. The Morgan fingerprint density at radius 3 is 2.15 bits per heavy atom. The number of rotatable bonds is 12. The van der Waals surface area contributed by atoms with Crippen LogP contribution in [0.4, 0.5) is 0 Å². The number of nitrogens with zero attached hydrogens (tertiary/aromatic N) is 3. The summed E-state index contributed by atoms with van der Waals surface area (Å²) in [5.74, 6) is 1.05. The zero-order valence-electron chi connectivity index (χ0n) is 23.9. The molecule has 6 aromatic rings. The van der Waals surface area contributed by atoms with Gasteiger partial charge in [-0.3, -0.25) is 24.0 Å². The molecule has 3 aromatic carbocycles. The normalized spacial score (nSPS) is 11.9. The van der Waals surface area contributed by atoms with Crippen LogP contribution in [0.3, 0.4) is 0 Å². The number of hydrogen-bond acceptors (Lipinski definition) is 8. The molecule has 0 aliphatic carbocycles. The predicted octanol–water partition coefficient (Wildman–Crippen LogP) is 5.69. The summed E-state index contributed by atoms with van der Waals surface area (Å²) < 4.78 is 45.9. The Bertz CT molecular complexity index is 2050. The third kappa shape index (κ3) is 7.91. The Balaban J connectivity index is 1.44. The first-order valence-electron chi connectivity index (χ1n) is 13.8. The summed E-state index contributed by atoms with van der Waals surface area (Å²) in [5.41, 5.74) is 4.43. The second kappa shape index (κ2) is 12.9. The van der Waals surface area contributed by atoms with Gasteiger partial charge in [0.15, 0.2) is 5.65 Å². The fraction of sp³-hybridized carbons (Fsp3) is 0.0968. The van der Waals surface area contributed by atoms with E-state index in [4.69, 9.17) is 33.4 Å². The highest BCUT2D eigenvalue weighted by Crippen LogP contribution is 2.39. The molecule has 46 heavy (non-hydrogen) atoms. The Morgan fingerprint density at radius 2 is 1.46 bits per heavy atom. The maximum absolute atomic E-state index is 11.5. The van der Waals surface area contributed by atoms with Gasteiger partial charge in [-0.25, -0.2) is 19.1 Å². The summed E-state index contributed by atoms with van der Waals surface area (Å²) in [7, 11) is -9.49. The quantitative estimate of drug-likeness (QED) is 0.117. The lowest BCUT2D eigenvalue weighted by Crippen LogP contribution is -2.04. The van der Waals surface area contributed by atoms with Crippen LogP contribution in [0.5, 0.6) is 17.4 Å². The molecule has 0 unspecified atom stereocenters. The van der Waals surface area contributed by atoms with Gasteiger partial charge in [0.25, 0.3) is 0 Å². The molecule has 0 saturated carbocycles. The van der Waals surface area contributed by atoms with Crippen LogP contribution < -0.4 is 13.8 Å². The minimum atomic E-state index is -4.79. The average Bonchev–Trinajstić information content (AvgIpc) is 3.64. The molecule has 4 N–H and O–H groups in total. The van der Waals surface area contributed by atoms with Gasteiger partial charge in [-0.05, 0) is 47.5 Å². The molecule has 0 aliphatic rings. The summed E-state index contributed by atoms with van der Waals surface area (Å²) in [6, 6.07) is 25.7. The van der Waals surface area contributed by atoms with Crippen molar-refractivity contribution in [1.29, 1.82) is 0 Å². The Morgan fingerprint density at radius 1 is 0.717 bits per heavy atom. The van der Waals surface area contributed by atoms with E-state index in [9.17, 15) is 18.9 Å². The van der Waals surface area contributed by atoms with Gasteiger partial charge >= 0.3 is 15.6 Å². The second-order valence-electron chi connectivity index (χ2n) is 10.2. The van der Waals surface area contributed by atoms with Gasteiger partial charge in [0.2, 0.25) is 5.88 Å². The minimum Gasteiger partial charge on any atom is -0.472 e. The van der Waals surface area contributed by atoms with E-state index in [1.165, 1.54) is 24.3 Å². The van der Waals surface area contributed by atoms with Gasteiger partial charge in [0, 0.05) is 18.2 Å². The molecule has 3 aromatic heterocycles. The lowest BCUT2D eigenvalue weighted by Gasteiger charge is -2.13. The molecule has 13 nitrogen and oxygen atoms in total. The molecule has 0 fully saturated rings. The molecule has 15 heteroatoms. The molecule has 0 aliphatic heterocycles. The van der Waals surface area contributed by atoms with Gasteiger partial charge in [-0.15, -0.1) is 0 Å². The molecule has 6 rings (SSSR count). The van der Waals surface area contributed by atoms with Crippen molar-refractivity contribution in [1.82, 2.24) is 14.4 Å². The fourth-order valence-corrected chi connectivity index (χ4v) is 5.60. The molecule has 0 radical (unpaired) electrons. The van der Waals surface area contributed by atoms with E-state index >= 15 is 0 Å². The standard InChI is InChI=1S/C31H27N3O10P2/c35-45(36,37)43-24-13-11-22(12-14-24)20-42-31-28(18-25-10-5-15-41-25)33-30-27(16-21-6-2-1-3-7-21)32-29(19-34(30)31)23-8-4-9-26(17-23)44-46(38,39)40/h1-15,17,19H,16,18,20H2,(H2,35,36,37)(H2,38,39,40). The molecule has 0 atom stereocenters. The van der Waals surface area contributed by atoms with Crippen LogP contribution in [0, 0.1) is 0 Å². The molecule has 0 amide bonds. The smallest absolute Gasteiger partial charge is 0.472 e. The van der Waals surface area contributed by atoms with Crippen molar-refractivity contribution in [2.24, 2.45) is 0 Å². The van der Waals surface area contributed by atoms with Gasteiger partial charge in [0.05, 0.1) is 24.1 Å². The van der Waals surface area contributed by atoms with Crippen LogP contribution >= 0.6 is 15.6 Å². The molecular formula is C31H27N3O10P2. The predicted molar refractivity (Wildman–Crippen MR) is 165 cm³/mol. The van der Waals surface area contributed by atoms with Crippen LogP contribution in [-0.4, -0.2) is 33.9 Å². The number of phosphoric ester groups is 2. The van der Waals surface area contributed by atoms with Crippen molar-refractivity contribution in [3.63, 3.8) is 0 Å². The van der Waals surface area contributed by atoms with Crippen molar-refractivity contribution in [3.8, 4) is 28.6 Å². The van der Waals surface area contributed by atoms with E-state index in [1.807, 2.05) is 36.4 Å². The first kappa shape index (κ1) is 31.3. The summed E-state index contributed by atoms with van der Waals surface area (Å²) in [5, 5.41) is 0. The molecule has 0 spiro atoms. The molecule has 3 heterocycles. The molecule has 0 bridgehead atoms. The Labute approximate surface area is 262 Å². The minimum absolute atomic E-state index is 0.0108. The van der Waals surface area contributed by atoms with Crippen molar-refractivity contribution in [2.45, 2.75) is 19.4 Å². The summed E-state index contributed by atoms with van der Waals surface area (Å²) in [6.07, 6.45) is 4.03. The zero-order valence-corrected chi connectivity index (χ0v) is 25.7. The van der Waals surface area contributed by atoms with E-state index in [-0.39, 0.29) is 18.1 Å². The van der Waals surface area contributed by atoms with Crippen LogP contribution in [0.1, 0.15) is 28.3 Å². The van der Waals surface area contributed by atoms with Gasteiger partial charge in [0.1, 0.15) is 29.6 Å². The fourth-order valence-electron chi connectivity index (χ4n) is 4.81. The Hall–Kier alpha value is -4.74. The zero-order chi connectivity index (χ0) is 32.3. The number of aromatic nitrogens is 3. The van der Waals surface area contributed by atoms with Crippen LogP contribution in [0.25, 0.3) is 16.9 Å². The highest BCUT2D eigenvalue weighted by atomic mass is 31.2. The number of ether oxygens (including phenoxy) is 1. The lowest BCUT2D eigenvalue weighted by atomic mass is 10.1. The lowest BCUT2D eigenvalue weighted by molar-refractivity contribution is 0.280. The van der Waals surface area contributed by atoms with E-state index in [0.717, 1.165) is 5.56 Å². The maximum Gasteiger partial charge on any atom is 0.524 e. The summed E-state index contributed by atoms with van der Waals surface area (Å²) in [4.78, 5) is 46.7. The molecular weight excluding hydrogens is 636 g/mol. The Kier molecular flexibility index (Phi) is 8.79. The SMILES string of the molecule is O=P(O)(O)Oc1ccc(COc2c(Cc3ccco3)nc3c(Cc4ccccc4)nc(-c4cccc(OP(=O)(O)O)c4)cn23)cc1. The van der Waals surface area contributed by atoms with Crippen molar-refractivity contribution < 1.29 is 46.9 Å². The third-order valence-corrected chi connectivity index (χ3v) is 7.61. The highest BCUT2D eigenvalue weighted by molar-refractivity contribution is 7.47. The van der Waals surface area contributed by atoms with Crippen molar-refractivity contribution >= 4 is 21.3 Å². The second-order valence-corrected chi connectivity index (χ2v) is 12.5. The third-order valence-electron chi connectivity index (χ3n) is 6.71. The van der Waals surface area contributed by atoms with Crippen molar-refractivity contribution in [2.75, 3.05) is 0 Å². The van der Waals surface area contributed by atoms with Crippen LogP contribution in [-0.2, 0) is 28.6 Å². The van der Waals surface area contributed by atoms with E-state index < -0.39 is 15.6 Å². The van der Waals surface area contributed by atoms with E-state index in [0.29, 0.717) is 58.3 Å². The molecule has 0 saturated heterocycles. The van der Waals surface area contributed by atoms with Gasteiger partial charge in [-0.2, -0.15) is 0 Å². The number of fused-ring (bicyclic) bond motifs is 1. The first-order valence-corrected chi connectivity index (χ1v) is 16.8. The van der Waals surface area contributed by atoms with Crippen molar-refractivity contribution in [3.05, 3.63) is 132 Å². The largest absolute Gasteiger partial charge is 0.524 e. The average molecular weight is 664 g/mol. The number of imidazole rings is 1. The first-order chi connectivity index (χ1) is 22.0. The molecule has 236 valence electrons. The number of phosphoric acid groups is 2. The number of furan rings is 1. The maximum atomic E-state index is 11.5. The summed E-state index contributed by atoms with van der Waals surface area (Å²) in [6.45, 7) is 0.0758. The monoisotopic (exact) mass is 663 g/mol. The van der Waals surface area contributed by atoms with Gasteiger partial charge in [-0.1, -0.05) is 54.6 Å². The van der Waals surface area contributed by atoms with E-state index in [2.05, 4.69) is 4.52 Å².